The number of benzene rings is 1. The zero-order valence-corrected chi connectivity index (χ0v) is 10.5. The first-order valence-electron chi connectivity index (χ1n) is 6.43. The van der Waals surface area contributed by atoms with Crippen molar-refractivity contribution in [2.75, 3.05) is 6.61 Å². The van der Waals surface area contributed by atoms with Crippen LogP contribution < -0.4 is 0 Å². The minimum absolute atomic E-state index is 0.132. The van der Waals surface area contributed by atoms with Crippen molar-refractivity contribution in [1.82, 2.24) is 0 Å². The molecular formula is C15H18O3. The largest absolute Gasteiger partial charge is 0.466 e. The maximum absolute atomic E-state index is 11.6. The van der Waals surface area contributed by atoms with Crippen LogP contribution in [0.15, 0.2) is 30.3 Å². The fourth-order valence-corrected chi connectivity index (χ4v) is 2.51. The maximum atomic E-state index is 11.6. The van der Waals surface area contributed by atoms with Gasteiger partial charge in [0.15, 0.2) is 0 Å². The van der Waals surface area contributed by atoms with Crippen molar-refractivity contribution in [2.24, 2.45) is 17.8 Å². The van der Waals surface area contributed by atoms with Crippen LogP contribution in [0.4, 0.5) is 0 Å². The van der Waals surface area contributed by atoms with Crippen molar-refractivity contribution in [1.29, 1.82) is 0 Å². The Morgan fingerprint density at radius 2 is 2.06 bits per heavy atom. The molecule has 0 radical (unpaired) electrons. The summed E-state index contributed by atoms with van der Waals surface area (Å²) in [6.07, 6.45) is 2.68. The molecule has 1 aromatic rings. The van der Waals surface area contributed by atoms with Crippen LogP contribution in [-0.2, 0) is 20.7 Å². The summed E-state index contributed by atoms with van der Waals surface area (Å²) in [5, 5.41) is 0. The fraction of sp³-hybridized carbons (Fsp3) is 0.467. The van der Waals surface area contributed by atoms with Gasteiger partial charge in [-0.1, -0.05) is 30.3 Å². The van der Waals surface area contributed by atoms with Gasteiger partial charge < -0.3 is 9.53 Å². The van der Waals surface area contributed by atoms with Crippen LogP contribution in [0.3, 0.4) is 0 Å². The first-order chi connectivity index (χ1) is 8.77. The second-order valence-corrected chi connectivity index (χ2v) is 4.68. The van der Waals surface area contributed by atoms with Gasteiger partial charge in [-0.15, -0.1) is 0 Å². The second-order valence-electron chi connectivity index (χ2n) is 4.68. The van der Waals surface area contributed by atoms with E-state index in [1.54, 1.807) is 6.92 Å². The van der Waals surface area contributed by atoms with Crippen molar-refractivity contribution in [2.45, 2.75) is 19.8 Å². The number of carbonyl (C=O) groups is 2. The van der Waals surface area contributed by atoms with Gasteiger partial charge in [-0.25, -0.2) is 0 Å². The first kappa shape index (κ1) is 12.8. The molecule has 3 heteroatoms. The fourth-order valence-electron chi connectivity index (χ4n) is 2.51. The van der Waals surface area contributed by atoms with E-state index in [0.29, 0.717) is 6.61 Å². The van der Waals surface area contributed by atoms with E-state index in [9.17, 15) is 9.59 Å². The molecule has 3 atom stereocenters. The Balaban J connectivity index is 1.86. The van der Waals surface area contributed by atoms with Crippen LogP contribution in [0.1, 0.15) is 18.9 Å². The Kier molecular flexibility index (Phi) is 4.13. The molecule has 1 saturated carbocycles. The molecule has 18 heavy (non-hydrogen) atoms. The van der Waals surface area contributed by atoms with Gasteiger partial charge in [-0.05, 0) is 31.2 Å². The number of aryl methyl sites for hydroxylation is 1. The number of aldehydes is 1. The summed E-state index contributed by atoms with van der Waals surface area (Å²) in [4.78, 5) is 22.5. The minimum atomic E-state index is -0.215. The number of ether oxygens (including phenoxy) is 1. The smallest absolute Gasteiger partial charge is 0.309 e. The van der Waals surface area contributed by atoms with Gasteiger partial charge in [0.2, 0.25) is 0 Å². The molecule has 0 N–H and O–H groups in total. The lowest BCUT2D eigenvalue weighted by Crippen LogP contribution is -2.09. The lowest BCUT2D eigenvalue weighted by Gasteiger charge is -2.01. The zero-order valence-electron chi connectivity index (χ0n) is 10.5. The first-order valence-corrected chi connectivity index (χ1v) is 6.43. The molecule has 96 valence electrons. The molecule has 0 bridgehead atoms. The molecule has 1 aromatic carbocycles. The number of esters is 1. The average molecular weight is 246 g/mol. The second kappa shape index (κ2) is 5.80. The van der Waals surface area contributed by atoms with Crippen molar-refractivity contribution < 1.29 is 14.3 Å². The van der Waals surface area contributed by atoms with Gasteiger partial charge in [0, 0.05) is 5.92 Å². The van der Waals surface area contributed by atoms with Crippen LogP contribution in [0.25, 0.3) is 0 Å². The van der Waals surface area contributed by atoms with Crippen molar-refractivity contribution >= 4 is 12.3 Å². The molecular weight excluding hydrogens is 228 g/mol. The standard InChI is InChI=1S/C15H18O3/c1-2-18-15(17)14-12(13(14)10-16)9-8-11-6-4-3-5-7-11/h3-7,10,12-14H,2,8-9H2,1H3. The van der Waals surface area contributed by atoms with Crippen LogP contribution in [0.2, 0.25) is 0 Å². The summed E-state index contributed by atoms with van der Waals surface area (Å²) in [5.41, 5.74) is 1.25. The van der Waals surface area contributed by atoms with Crippen molar-refractivity contribution in [3.63, 3.8) is 0 Å². The molecule has 3 nitrogen and oxygen atoms in total. The predicted octanol–water partition coefficient (Wildman–Crippen LogP) is 2.24. The zero-order chi connectivity index (χ0) is 13.0. The number of hydrogen-bond acceptors (Lipinski definition) is 3. The third-order valence-electron chi connectivity index (χ3n) is 3.55. The highest BCUT2D eigenvalue weighted by Gasteiger charge is 2.55. The summed E-state index contributed by atoms with van der Waals surface area (Å²) < 4.78 is 4.98. The predicted molar refractivity (Wildman–Crippen MR) is 67.9 cm³/mol. The highest BCUT2D eigenvalue weighted by atomic mass is 16.5. The quantitative estimate of drug-likeness (QED) is 0.571. The molecule has 1 fully saturated rings. The van der Waals surface area contributed by atoms with Crippen LogP contribution >= 0.6 is 0 Å². The van der Waals surface area contributed by atoms with E-state index in [0.717, 1.165) is 19.1 Å². The minimum Gasteiger partial charge on any atom is -0.466 e. The maximum Gasteiger partial charge on any atom is 0.309 e. The average Bonchev–Trinajstić information content (AvgIpc) is 3.11. The Hall–Kier alpha value is -1.64. The molecule has 2 rings (SSSR count). The van der Waals surface area contributed by atoms with Gasteiger partial charge in [0.25, 0.3) is 0 Å². The number of hydrogen-bond donors (Lipinski definition) is 0. The SMILES string of the molecule is CCOC(=O)C1C(C=O)C1CCc1ccccc1. The third kappa shape index (κ3) is 2.78. The summed E-state index contributed by atoms with van der Waals surface area (Å²) >= 11 is 0. The summed E-state index contributed by atoms with van der Waals surface area (Å²) in [5.74, 6) is -0.381. The van der Waals surface area contributed by atoms with Gasteiger partial charge >= 0.3 is 5.97 Å². The van der Waals surface area contributed by atoms with Crippen molar-refractivity contribution in [3.8, 4) is 0 Å². The summed E-state index contributed by atoms with van der Waals surface area (Å²) in [7, 11) is 0. The van der Waals surface area contributed by atoms with E-state index in [-0.39, 0.29) is 23.7 Å². The summed E-state index contributed by atoms with van der Waals surface area (Å²) in [6.45, 7) is 2.17. The Morgan fingerprint density at radius 1 is 1.33 bits per heavy atom. The molecule has 0 amide bonds. The Labute approximate surface area is 107 Å². The number of carbonyl (C=O) groups excluding carboxylic acids is 2. The molecule has 3 unspecified atom stereocenters. The number of rotatable bonds is 6. The molecule has 0 saturated heterocycles. The van der Waals surface area contributed by atoms with E-state index in [2.05, 4.69) is 12.1 Å². The normalized spacial score (nSPS) is 25.5. The lowest BCUT2D eigenvalue weighted by molar-refractivity contribution is -0.145. The highest BCUT2D eigenvalue weighted by molar-refractivity contribution is 5.82. The van der Waals surface area contributed by atoms with Crippen LogP contribution in [0.5, 0.6) is 0 Å². The van der Waals surface area contributed by atoms with Gasteiger partial charge in [-0.3, -0.25) is 4.79 Å². The monoisotopic (exact) mass is 246 g/mol. The lowest BCUT2D eigenvalue weighted by atomic mass is 10.1. The molecule has 0 spiro atoms. The van der Waals surface area contributed by atoms with Gasteiger partial charge in [-0.2, -0.15) is 0 Å². The van der Waals surface area contributed by atoms with Gasteiger partial charge in [0.05, 0.1) is 12.5 Å². The van der Waals surface area contributed by atoms with E-state index in [1.165, 1.54) is 5.56 Å². The van der Waals surface area contributed by atoms with E-state index in [1.807, 2.05) is 18.2 Å². The van der Waals surface area contributed by atoms with Crippen LogP contribution in [-0.4, -0.2) is 18.9 Å². The summed E-state index contributed by atoms with van der Waals surface area (Å²) in [6, 6.07) is 10.1. The molecule has 1 aliphatic carbocycles. The third-order valence-corrected chi connectivity index (χ3v) is 3.55. The highest BCUT2D eigenvalue weighted by Crippen LogP contribution is 2.48. The Morgan fingerprint density at radius 3 is 2.67 bits per heavy atom. The molecule has 0 aromatic heterocycles. The topological polar surface area (TPSA) is 43.4 Å². The molecule has 1 aliphatic rings. The Bertz CT molecular complexity index is 413. The van der Waals surface area contributed by atoms with Gasteiger partial charge in [0.1, 0.15) is 6.29 Å². The van der Waals surface area contributed by atoms with E-state index in [4.69, 9.17) is 4.74 Å². The van der Waals surface area contributed by atoms with Crippen LogP contribution in [0, 0.1) is 17.8 Å². The molecule has 0 heterocycles. The van der Waals surface area contributed by atoms with Crippen molar-refractivity contribution in [3.05, 3.63) is 35.9 Å². The van der Waals surface area contributed by atoms with E-state index < -0.39 is 0 Å². The molecule has 0 aliphatic heterocycles. The van der Waals surface area contributed by atoms with E-state index >= 15 is 0 Å².